The molecule has 0 unspecified atom stereocenters. The Morgan fingerprint density at radius 1 is 1.57 bits per heavy atom. The van der Waals surface area contributed by atoms with Crippen LogP contribution in [0.2, 0.25) is 5.15 Å². The summed E-state index contributed by atoms with van der Waals surface area (Å²) < 4.78 is 23.4. The Balaban J connectivity index is 2.61. The molecule has 0 saturated carbocycles. The topological polar surface area (TPSA) is 54.9 Å². The van der Waals surface area contributed by atoms with Crippen LogP contribution in [-0.4, -0.2) is 28.8 Å². The molecule has 0 aliphatic carbocycles. The zero-order valence-corrected chi connectivity index (χ0v) is 7.63. The summed E-state index contributed by atoms with van der Waals surface area (Å²) in [6, 6.07) is 0. The third kappa shape index (κ3) is 3.21. The predicted molar refractivity (Wildman–Crippen MR) is 45.4 cm³/mol. The van der Waals surface area contributed by atoms with Gasteiger partial charge in [0.15, 0.2) is 0 Å². The molecule has 1 rings (SSSR count). The fourth-order valence-corrected chi connectivity index (χ4v) is 0.859. The average Bonchev–Trinajstić information content (AvgIpc) is 2.14. The first-order chi connectivity index (χ1) is 6.59. The highest BCUT2D eigenvalue weighted by Crippen LogP contribution is 2.02. The second kappa shape index (κ2) is 4.80. The van der Waals surface area contributed by atoms with Crippen LogP contribution in [-0.2, 0) is 0 Å². The number of hydrogen-bond donors (Lipinski definition) is 1. The van der Waals surface area contributed by atoms with Crippen molar-refractivity contribution >= 4 is 17.5 Å². The highest BCUT2D eigenvalue weighted by atomic mass is 35.5. The maximum Gasteiger partial charge on any atom is 0.271 e. The van der Waals surface area contributed by atoms with Gasteiger partial charge in [-0.2, -0.15) is 0 Å². The van der Waals surface area contributed by atoms with Crippen molar-refractivity contribution < 1.29 is 13.6 Å². The third-order valence-corrected chi connectivity index (χ3v) is 1.44. The SMILES string of the molecule is O=C(NCC(F)F)c1cncc(Cl)n1. The molecule has 0 spiro atoms. The molecule has 0 saturated heterocycles. The summed E-state index contributed by atoms with van der Waals surface area (Å²) in [5, 5.41) is 2.01. The van der Waals surface area contributed by atoms with Gasteiger partial charge in [0.2, 0.25) is 0 Å². The van der Waals surface area contributed by atoms with E-state index in [0.29, 0.717) is 0 Å². The van der Waals surface area contributed by atoms with Gasteiger partial charge in [-0.1, -0.05) is 11.6 Å². The fraction of sp³-hybridized carbons (Fsp3) is 0.286. The quantitative estimate of drug-likeness (QED) is 0.832. The second-order valence-electron chi connectivity index (χ2n) is 2.33. The molecule has 0 fully saturated rings. The predicted octanol–water partition coefficient (Wildman–Crippen LogP) is 1.12. The lowest BCUT2D eigenvalue weighted by Gasteiger charge is -2.02. The van der Waals surface area contributed by atoms with Crippen molar-refractivity contribution in [2.45, 2.75) is 6.43 Å². The minimum absolute atomic E-state index is 0.0368. The molecule has 7 heteroatoms. The van der Waals surface area contributed by atoms with Crippen molar-refractivity contribution in [2.75, 3.05) is 6.54 Å². The van der Waals surface area contributed by atoms with Gasteiger partial charge in [-0.15, -0.1) is 0 Å². The van der Waals surface area contributed by atoms with Gasteiger partial charge < -0.3 is 5.32 Å². The lowest BCUT2D eigenvalue weighted by Crippen LogP contribution is -2.29. The van der Waals surface area contributed by atoms with Crippen molar-refractivity contribution in [1.29, 1.82) is 0 Å². The standard InChI is InChI=1S/C7H6ClF2N3O/c8-5-2-11-1-4(13-5)7(14)12-3-6(9)10/h1-2,6H,3H2,(H,12,14). The molecule has 4 nitrogen and oxygen atoms in total. The molecule has 0 aromatic carbocycles. The molecule has 1 aromatic rings. The normalized spacial score (nSPS) is 10.3. The van der Waals surface area contributed by atoms with E-state index in [1.165, 1.54) is 6.20 Å². The average molecular weight is 222 g/mol. The van der Waals surface area contributed by atoms with Crippen LogP contribution in [0.15, 0.2) is 12.4 Å². The molecule has 76 valence electrons. The molecule has 0 aliphatic rings. The number of rotatable bonds is 3. The number of nitrogens with one attached hydrogen (secondary N) is 1. The Hall–Kier alpha value is -1.30. The van der Waals surface area contributed by atoms with Crippen molar-refractivity contribution in [3.8, 4) is 0 Å². The molecular weight excluding hydrogens is 216 g/mol. The molecule has 0 bridgehead atoms. The molecule has 1 heterocycles. The summed E-state index contributed by atoms with van der Waals surface area (Å²) in [5.74, 6) is -0.722. The minimum Gasteiger partial charge on any atom is -0.345 e. The van der Waals surface area contributed by atoms with Crippen molar-refractivity contribution in [3.05, 3.63) is 23.2 Å². The van der Waals surface area contributed by atoms with Crippen LogP contribution in [0.25, 0.3) is 0 Å². The first-order valence-corrected chi connectivity index (χ1v) is 4.01. The Labute approximate surface area is 83.3 Å². The highest BCUT2D eigenvalue weighted by molar-refractivity contribution is 6.29. The second-order valence-corrected chi connectivity index (χ2v) is 2.72. The van der Waals surface area contributed by atoms with Gasteiger partial charge in [0, 0.05) is 0 Å². The van der Waals surface area contributed by atoms with Gasteiger partial charge >= 0.3 is 0 Å². The molecule has 0 radical (unpaired) electrons. The van der Waals surface area contributed by atoms with Crippen molar-refractivity contribution in [2.24, 2.45) is 0 Å². The molecular formula is C7H6ClF2N3O. The lowest BCUT2D eigenvalue weighted by atomic mass is 10.4. The van der Waals surface area contributed by atoms with Gasteiger partial charge in [0.25, 0.3) is 12.3 Å². The number of aromatic nitrogens is 2. The molecule has 0 aliphatic heterocycles. The Bertz CT molecular complexity index is 334. The Morgan fingerprint density at radius 3 is 2.86 bits per heavy atom. The van der Waals surface area contributed by atoms with E-state index in [1.807, 2.05) is 5.32 Å². The van der Waals surface area contributed by atoms with Gasteiger partial charge in [-0.25, -0.2) is 13.8 Å². The fourth-order valence-electron chi connectivity index (χ4n) is 0.712. The summed E-state index contributed by atoms with van der Waals surface area (Å²) in [4.78, 5) is 18.3. The van der Waals surface area contributed by atoms with Gasteiger partial charge in [-0.3, -0.25) is 9.78 Å². The smallest absolute Gasteiger partial charge is 0.271 e. The van der Waals surface area contributed by atoms with E-state index < -0.39 is 18.9 Å². The number of nitrogens with zero attached hydrogens (tertiary/aromatic N) is 2. The number of halogens is 3. The highest BCUT2D eigenvalue weighted by Gasteiger charge is 2.10. The van der Waals surface area contributed by atoms with E-state index in [1.54, 1.807) is 0 Å². The van der Waals surface area contributed by atoms with Crippen molar-refractivity contribution in [1.82, 2.24) is 15.3 Å². The van der Waals surface area contributed by atoms with E-state index in [2.05, 4.69) is 9.97 Å². The number of alkyl halides is 2. The van der Waals surface area contributed by atoms with Gasteiger partial charge in [0.05, 0.1) is 18.9 Å². The Kier molecular flexibility index (Phi) is 3.70. The maximum atomic E-state index is 11.7. The van der Waals surface area contributed by atoms with Crippen LogP contribution in [0.4, 0.5) is 8.78 Å². The van der Waals surface area contributed by atoms with Crippen LogP contribution in [0.5, 0.6) is 0 Å². The summed E-state index contributed by atoms with van der Waals surface area (Å²) in [6.45, 7) is -0.715. The molecule has 1 amide bonds. The summed E-state index contributed by atoms with van der Waals surface area (Å²) >= 11 is 5.45. The zero-order valence-electron chi connectivity index (χ0n) is 6.88. The van der Waals surface area contributed by atoms with E-state index in [-0.39, 0.29) is 10.8 Å². The number of carbonyl (C=O) groups excluding carboxylic acids is 1. The molecule has 1 N–H and O–H groups in total. The summed E-state index contributed by atoms with van der Waals surface area (Å²) in [6.07, 6.45) is -0.205. The maximum absolute atomic E-state index is 11.7. The van der Waals surface area contributed by atoms with Crippen molar-refractivity contribution in [3.63, 3.8) is 0 Å². The van der Waals surface area contributed by atoms with Crippen LogP contribution in [0.3, 0.4) is 0 Å². The Morgan fingerprint density at radius 2 is 2.29 bits per heavy atom. The first-order valence-electron chi connectivity index (χ1n) is 3.63. The number of carbonyl (C=O) groups is 1. The van der Waals surface area contributed by atoms with Gasteiger partial charge in [-0.05, 0) is 0 Å². The van der Waals surface area contributed by atoms with Crippen LogP contribution < -0.4 is 5.32 Å². The minimum atomic E-state index is -2.59. The lowest BCUT2D eigenvalue weighted by molar-refractivity contribution is 0.0886. The number of amides is 1. The van der Waals surface area contributed by atoms with E-state index in [0.717, 1.165) is 6.20 Å². The molecule has 14 heavy (non-hydrogen) atoms. The third-order valence-electron chi connectivity index (χ3n) is 1.25. The largest absolute Gasteiger partial charge is 0.345 e. The molecule has 0 atom stereocenters. The van der Waals surface area contributed by atoms with Crippen LogP contribution in [0.1, 0.15) is 10.5 Å². The monoisotopic (exact) mass is 221 g/mol. The molecule has 1 aromatic heterocycles. The van der Waals surface area contributed by atoms with Crippen LogP contribution >= 0.6 is 11.6 Å². The summed E-state index contributed by atoms with van der Waals surface area (Å²) in [5.41, 5.74) is -0.0850. The van der Waals surface area contributed by atoms with E-state index in [4.69, 9.17) is 11.6 Å². The summed E-state index contributed by atoms with van der Waals surface area (Å²) in [7, 11) is 0. The van der Waals surface area contributed by atoms with Gasteiger partial charge in [0.1, 0.15) is 10.8 Å². The zero-order chi connectivity index (χ0) is 10.6. The first kappa shape index (κ1) is 10.8. The van der Waals surface area contributed by atoms with E-state index in [9.17, 15) is 13.6 Å². The number of hydrogen-bond acceptors (Lipinski definition) is 3. The van der Waals surface area contributed by atoms with E-state index >= 15 is 0 Å². The van der Waals surface area contributed by atoms with Crippen LogP contribution in [0, 0.1) is 0 Å².